The van der Waals surface area contributed by atoms with Gasteiger partial charge in [0, 0.05) is 25.7 Å². The zero-order valence-corrected chi connectivity index (χ0v) is 17.9. The number of hydrogen-bond donors (Lipinski definition) is 3. The van der Waals surface area contributed by atoms with Crippen LogP contribution in [0.2, 0.25) is 0 Å². The summed E-state index contributed by atoms with van der Waals surface area (Å²) >= 11 is 0. The Balaban J connectivity index is 1.41. The van der Waals surface area contributed by atoms with Crippen LogP contribution in [0.5, 0.6) is 0 Å². The normalized spacial score (nSPS) is 17.1. The predicted molar refractivity (Wildman–Crippen MR) is 118 cm³/mol. The van der Waals surface area contributed by atoms with Gasteiger partial charge in [0.05, 0.1) is 12.0 Å². The Morgan fingerprint density at radius 3 is 3.10 bits per heavy atom. The minimum atomic E-state index is -0.176. The maximum atomic E-state index is 14.4. The largest absolute Gasteiger partial charge is 0.461 e. The molecule has 3 heterocycles. The highest BCUT2D eigenvalue weighted by Gasteiger charge is 2.23. The highest BCUT2D eigenvalue weighted by atomic mass is 19.1. The Bertz CT molecular complexity index is 1010. The van der Waals surface area contributed by atoms with E-state index in [9.17, 15) is 4.39 Å². The van der Waals surface area contributed by atoms with Gasteiger partial charge in [-0.2, -0.15) is 0 Å². The number of aryl methyl sites for hydroxylation is 1. The molecule has 9 heteroatoms. The molecule has 31 heavy (non-hydrogen) atoms. The number of guanidine groups is 1. The third-order valence-electron chi connectivity index (χ3n) is 5.21. The second kappa shape index (κ2) is 9.63. The molecule has 1 aliphatic heterocycles. The van der Waals surface area contributed by atoms with Gasteiger partial charge < -0.3 is 20.0 Å². The predicted octanol–water partition coefficient (Wildman–Crippen LogP) is 3.24. The molecule has 2 aromatic heterocycles. The van der Waals surface area contributed by atoms with E-state index < -0.39 is 0 Å². The van der Waals surface area contributed by atoms with Crippen LogP contribution in [-0.4, -0.2) is 46.8 Å². The van der Waals surface area contributed by atoms with Crippen LogP contribution in [0.3, 0.4) is 0 Å². The standard InChI is InChI=1S/C22H28FN7O/c1-3-24-22(25-13-20-27-21(29-28-20)19-7-5-11-31-19)26-16-6-4-10-30(14-16)18-12-15(2)8-9-17(18)23/h5,7-9,11-12,16H,3-4,6,10,13-14H2,1-2H3,(H2,24,25,26)(H,27,28,29). The lowest BCUT2D eigenvalue weighted by molar-refractivity contribution is 0.462. The lowest BCUT2D eigenvalue weighted by Crippen LogP contribution is -2.51. The number of aromatic nitrogens is 3. The van der Waals surface area contributed by atoms with E-state index in [1.54, 1.807) is 24.5 Å². The summed E-state index contributed by atoms with van der Waals surface area (Å²) in [4.78, 5) is 11.2. The van der Waals surface area contributed by atoms with Gasteiger partial charge in [-0.1, -0.05) is 6.07 Å². The number of hydrogen-bond acceptors (Lipinski definition) is 5. The van der Waals surface area contributed by atoms with Crippen LogP contribution in [-0.2, 0) is 6.54 Å². The summed E-state index contributed by atoms with van der Waals surface area (Å²) in [6, 6.07) is 9.04. The Morgan fingerprint density at radius 1 is 1.39 bits per heavy atom. The molecule has 0 spiro atoms. The molecule has 0 amide bonds. The molecule has 0 radical (unpaired) electrons. The highest BCUT2D eigenvalue weighted by molar-refractivity contribution is 5.80. The Morgan fingerprint density at radius 2 is 2.29 bits per heavy atom. The molecule has 1 unspecified atom stereocenters. The van der Waals surface area contributed by atoms with Gasteiger partial charge in [0.1, 0.15) is 18.2 Å². The van der Waals surface area contributed by atoms with E-state index in [1.807, 2.05) is 26.0 Å². The minimum Gasteiger partial charge on any atom is -0.461 e. The van der Waals surface area contributed by atoms with E-state index in [4.69, 9.17) is 4.42 Å². The van der Waals surface area contributed by atoms with Crippen LogP contribution in [0.4, 0.5) is 10.1 Å². The van der Waals surface area contributed by atoms with Crippen LogP contribution in [0, 0.1) is 12.7 Å². The van der Waals surface area contributed by atoms with Crippen molar-refractivity contribution in [1.29, 1.82) is 0 Å². The summed E-state index contributed by atoms with van der Waals surface area (Å²) in [5, 5.41) is 13.8. The maximum Gasteiger partial charge on any atom is 0.216 e. The summed E-state index contributed by atoms with van der Waals surface area (Å²) in [7, 11) is 0. The number of furan rings is 1. The average Bonchev–Trinajstić information content (AvgIpc) is 3.46. The third kappa shape index (κ3) is 5.22. The Kier molecular flexibility index (Phi) is 6.49. The molecule has 4 rings (SSSR count). The lowest BCUT2D eigenvalue weighted by atomic mass is 10.0. The van der Waals surface area contributed by atoms with Gasteiger partial charge in [0.15, 0.2) is 11.7 Å². The number of piperidine rings is 1. The minimum absolute atomic E-state index is 0.167. The van der Waals surface area contributed by atoms with E-state index in [1.165, 1.54) is 0 Å². The van der Waals surface area contributed by atoms with Crippen LogP contribution in [0.25, 0.3) is 11.6 Å². The molecule has 1 aromatic carbocycles. The van der Waals surface area contributed by atoms with Crippen LogP contribution in [0.1, 0.15) is 31.2 Å². The highest BCUT2D eigenvalue weighted by Crippen LogP contribution is 2.24. The first-order valence-electron chi connectivity index (χ1n) is 10.6. The van der Waals surface area contributed by atoms with Crippen LogP contribution < -0.4 is 15.5 Å². The molecule has 1 atom stereocenters. The number of aromatic amines is 1. The fourth-order valence-electron chi connectivity index (χ4n) is 3.73. The Labute approximate surface area is 181 Å². The molecule has 3 N–H and O–H groups in total. The fraction of sp³-hybridized carbons (Fsp3) is 0.409. The van der Waals surface area contributed by atoms with Crippen molar-refractivity contribution in [2.75, 3.05) is 24.5 Å². The molecule has 164 valence electrons. The number of nitrogens with one attached hydrogen (secondary N) is 3. The summed E-state index contributed by atoms with van der Waals surface area (Å²) in [5.74, 6) is 2.30. The smallest absolute Gasteiger partial charge is 0.216 e. The number of nitrogens with zero attached hydrogens (tertiary/aromatic N) is 4. The van der Waals surface area contributed by atoms with E-state index in [0.717, 1.165) is 38.0 Å². The molecular weight excluding hydrogens is 397 g/mol. The first kappa shape index (κ1) is 20.9. The first-order chi connectivity index (χ1) is 15.1. The second-order valence-electron chi connectivity index (χ2n) is 7.66. The summed E-state index contributed by atoms with van der Waals surface area (Å²) in [6.45, 7) is 6.67. The third-order valence-corrected chi connectivity index (χ3v) is 5.21. The number of anilines is 1. The van der Waals surface area contributed by atoms with Gasteiger partial charge in [0.2, 0.25) is 5.82 Å². The molecule has 0 aliphatic carbocycles. The van der Waals surface area contributed by atoms with Crippen molar-refractivity contribution in [2.45, 2.75) is 39.3 Å². The summed E-state index contributed by atoms with van der Waals surface area (Å²) < 4.78 is 19.7. The van der Waals surface area contributed by atoms with Gasteiger partial charge in [0.25, 0.3) is 0 Å². The van der Waals surface area contributed by atoms with E-state index >= 15 is 0 Å². The van der Waals surface area contributed by atoms with Gasteiger partial charge in [-0.15, -0.1) is 5.10 Å². The van der Waals surface area contributed by atoms with Crippen molar-refractivity contribution in [1.82, 2.24) is 25.8 Å². The van der Waals surface area contributed by atoms with Crippen LogP contribution in [0.15, 0.2) is 46.0 Å². The van der Waals surface area contributed by atoms with Crippen molar-refractivity contribution in [3.05, 3.63) is 53.8 Å². The quantitative estimate of drug-likeness (QED) is 0.415. The summed E-state index contributed by atoms with van der Waals surface area (Å²) in [6.07, 6.45) is 3.57. The number of halogens is 1. The maximum absolute atomic E-state index is 14.4. The monoisotopic (exact) mass is 425 g/mol. The second-order valence-corrected chi connectivity index (χ2v) is 7.66. The number of rotatable bonds is 6. The molecular formula is C22H28FN7O. The van der Waals surface area contributed by atoms with Crippen LogP contribution >= 0.6 is 0 Å². The van der Waals surface area contributed by atoms with Crippen molar-refractivity contribution < 1.29 is 8.81 Å². The first-order valence-corrected chi connectivity index (χ1v) is 10.6. The fourth-order valence-corrected chi connectivity index (χ4v) is 3.73. The van der Waals surface area contributed by atoms with E-state index in [2.05, 4.69) is 35.7 Å². The van der Waals surface area contributed by atoms with Crippen molar-refractivity contribution in [3.8, 4) is 11.6 Å². The number of aliphatic imine (C=N–C) groups is 1. The molecule has 1 saturated heterocycles. The molecule has 3 aromatic rings. The summed E-state index contributed by atoms with van der Waals surface area (Å²) in [5.41, 5.74) is 1.72. The van der Waals surface area contributed by atoms with Gasteiger partial charge in [-0.05, 0) is 56.5 Å². The van der Waals surface area contributed by atoms with Crippen molar-refractivity contribution >= 4 is 11.6 Å². The Hall–Kier alpha value is -3.36. The van der Waals surface area contributed by atoms with Gasteiger partial charge in [-0.25, -0.2) is 14.4 Å². The van der Waals surface area contributed by atoms with Gasteiger partial charge >= 0.3 is 0 Å². The molecule has 0 bridgehead atoms. The van der Waals surface area contributed by atoms with E-state index in [0.29, 0.717) is 35.6 Å². The zero-order valence-electron chi connectivity index (χ0n) is 17.9. The molecule has 8 nitrogen and oxygen atoms in total. The average molecular weight is 426 g/mol. The number of benzene rings is 1. The molecule has 1 fully saturated rings. The zero-order chi connectivity index (χ0) is 21.6. The molecule has 1 aliphatic rings. The van der Waals surface area contributed by atoms with Crippen molar-refractivity contribution in [2.24, 2.45) is 4.99 Å². The van der Waals surface area contributed by atoms with Crippen molar-refractivity contribution in [3.63, 3.8) is 0 Å². The SMILES string of the molecule is CCNC(=NCc1nc(-c2ccco2)n[nH]1)NC1CCCN(c2cc(C)ccc2F)C1. The topological polar surface area (TPSA) is 94.4 Å². The number of H-pyrrole nitrogens is 1. The van der Waals surface area contributed by atoms with Gasteiger partial charge in [-0.3, -0.25) is 5.10 Å². The molecule has 0 saturated carbocycles. The van der Waals surface area contributed by atoms with E-state index in [-0.39, 0.29) is 11.9 Å². The lowest BCUT2D eigenvalue weighted by Gasteiger charge is -2.35.